The van der Waals surface area contributed by atoms with Crippen LogP contribution in [0.4, 0.5) is 5.13 Å². The number of furan rings is 1. The van der Waals surface area contributed by atoms with Crippen molar-refractivity contribution in [3.63, 3.8) is 0 Å². The molecule has 136 valence electrons. The summed E-state index contributed by atoms with van der Waals surface area (Å²) in [6, 6.07) is 3.18. The van der Waals surface area contributed by atoms with Gasteiger partial charge < -0.3 is 9.32 Å². The lowest BCUT2D eigenvalue weighted by molar-refractivity contribution is -0.136. The Morgan fingerprint density at radius 2 is 2.04 bits per heavy atom. The number of carbonyl (C=O) groups is 3. The Bertz CT molecular complexity index is 837. The number of likely N-dealkylation sites (tertiary alicyclic amines) is 1. The molecule has 8 heteroatoms. The van der Waals surface area contributed by atoms with Gasteiger partial charge in [0.15, 0.2) is 16.7 Å². The fourth-order valence-corrected chi connectivity index (χ4v) is 4.43. The summed E-state index contributed by atoms with van der Waals surface area (Å²) in [4.78, 5) is 44.1. The van der Waals surface area contributed by atoms with Crippen LogP contribution in [0.5, 0.6) is 0 Å². The first kappa shape index (κ1) is 17.0. The van der Waals surface area contributed by atoms with Crippen molar-refractivity contribution in [3.8, 4) is 0 Å². The van der Waals surface area contributed by atoms with E-state index in [0.29, 0.717) is 22.1 Å². The Balaban J connectivity index is 1.48. The zero-order chi connectivity index (χ0) is 18.1. The van der Waals surface area contributed by atoms with E-state index in [2.05, 4.69) is 10.3 Å². The Kier molecular flexibility index (Phi) is 4.58. The number of carbonyl (C=O) groups excluding carboxylic acids is 3. The van der Waals surface area contributed by atoms with Crippen LogP contribution in [0.1, 0.15) is 51.6 Å². The summed E-state index contributed by atoms with van der Waals surface area (Å²) in [6.07, 6.45) is 5.29. The third kappa shape index (κ3) is 3.29. The highest BCUT2D eigenvalue weighted by Gasteiger charge is 2.35. The lowest BCUT2D eigenvalue weighted by atomic mass is 9.88. The van der Waals surface area contributed by atoms with Gasteiger partial charge in [0.05, 0.1) is 22.8 Å². The van der Waals surface area contributed by atoms with Crippen LogP contribution in [-0.4, -0.2) is 40.6 Å². The van der Waals surface area contributed by atoms with Crippen LogP contribution in [0, 0.1) is 5.92 Å². The number of anilines is 1. The van der Waals surface area contributed by atoms with E-state index in [1.54, 1.807) is 12.1 Å². The normalized spacial score (nSPS) is 19.9. The quantitative estimate of drug-likeness (QED) is 0.893. The number of aromatic nitrogens is 1. The Morgan fingerprint density at radius 3 is 2.77 bits per heavy atom. The van der Waals surface area contributed by atoms with Gasteiger partial charge in [0.1, 0.15) is 0 Å². The summed E-state index contributed by atoms with van der Waals surface area (Å²) in [5.41, 5.74) is 0.608. The number of thiazole rings is 1. The fourth-order valence-electron chi connectivity index (χ4n) is 3.50. The van der Waals surface area contributed by atoms with Gasteiger partial charge in [-0.3, -0.25) is 19.7 Å². The Morgan fingerprint density at radius 1 is 1.23 bits per heavy atom. The molecule has 3 heterocycles. The number of rotatable bonds is 3. The van der Waals surface area contributed by atoms with E-state index in [4.69, 9.17) is 4.42 Å². The summed E-state index contributed by atoms with van der Waals surface area (Å²) in [5.74, 6) is -0.587. The standard InChI is InChI=1S/C18H19N3O4S/c22-13-10-11(17(24)21-6-2-1-3-7-21)9-12-15(13)26-18(19-12)20-16(23)14-5-4-8-25-14/h4-5,8,11H,1-3,6-7,9-10H2,(H,19,20,23)/t11-/m1/s1. The van der Waals surface area contributed by atoms with Crippen molar-refractivity contribution in [3.05, 3.63) is 34.7 Å². The minimum atomic E-state index is -0.408. The molecule has 2 aromatic heterocycles. The molecule has 0 unspecified atom stereocenters. The maximum atomic E-state index is 12.7. The van der Waals surface area contributed by atoms with Crippen molar-refractivity contribution in [2.24, 2.45) is 5.92 Å². The number of nitrogens with one attached hydrogen (secondary N) is 1. The lowest BCUT2D eigenvalue weighted by Gasteiger charge is -2.31. The third-order valence-electron chi connectivity index (χ3n) is 4.80. The Hall–Kier alpha value is -2.48. The number of fused-ring (bicyclic) bond motifs is 1. The lowest BCUT2D eigenvalue weighted by Crippen LogP contribution is -2.42. The number of amides is 2. The highest BCUT2D eigenvalue weighted by atomic mass is 32.1. The monoisotopic (exact) mass is 373 g/mol. The zero-order valence-corrected chi connectivity index (χ0v) is 15.0. The topological polar surface area (TPSA) is 92.5 Å². The van der Waals surface area contributed by atoms with Crippen LogP contribution in [0.2, 0.25) is 0 Å². The molecule has 0 radical (unpaired) electrons. The minimum Gasteiger partial charge on any atom is -0.459 e. The van der Waals surface area contributed by atoms with E-state index < -0.39 is 5.91 Å². The molecule has 1 atom stereocenters. The van der Waals surface area contributed by atoms with Gasteiger partial charge >= 0.3 is 0 Å². The first-order valence-corrected chi connectivity index (χ1v) is 9.60. The SMILES string of the molecule is O=C(Nc1nc2c(s1)C(=O)C[C@H](C(=O)N1CCCCC1)C2)c1ccco1. The van der Waals surface area contributed by atoms with Gasteiger partial charge in [0.25, 0.3) is 5.91 Å². The molecule has 4 rings (SSSR count). The van der Waals surface area contributed by atoms with Gasteiger partial charge in [0, 0.05) is 25.9 Å². The molecule has 0 saturated carbocycles. The maximum Gasteiger partial charge on any atom is 0.293 e. The molecule has 0 bridgehead atoms. The highest BCUT2D eigenvalue weighted by Crippen LogP contribution is 2.33. The van der Waals surface area contributed by atoms with Crippen molar-refractivity contribution in [1.82, 2.24) is 9.88 Å². The average molecular weight is 373 g/mol. The average Bonchev–Trinajstić information content (AvgIpc) is 3.31. The van der Waals surface area contributed by atoms with Crippen molar-refractivity contribution in [2.75, 3.05) is 18.4 Å². The van der Waals surface area contributed by atoms with E-state index in [9.17, 15) is 14.4 Å². The second kappa shape index (κ2) is 7.03. The molecule has 2 aromatic rings. The molecule has 0 aromatic carbocycles. The summed E-state index contributed by atoms with van der Waals surface area (Å²) < 4.78 is 5.05. The van der Waals surface area contributed by atoms with E-state index in [1.165, 1.54) is 6.26 Å². The van der Waals surface area contributed by atoms with Crippen LogP contribution < -0.4 is 5.32 Å². The van der Waals surface area contributed by atoms with E-state index in [0.717, 1.165) is 43.7 Å². The molecule has 1 fully saturated rings. The van der Waals surface area contributed by atoms with Gasteiger partial charge in [-0.1, -0.05) is 11.3 Å². The maximum absolute atomic E-state index is 12.7. The summed E-state index contributed by atoms with van der Waals surface area (Å²) in [7, 11) is 0. The molecule has 26 heavy (non-hydrogen) atoms. The van der Waals surface area contributed by atoms with Crippen molar-refractivity contribution in [1.29, 1.82) is 0 Å². The number of ketones is 1. The van der Waals surface area contributed by atoms with Crippen LogP contribution in [0.25, 0.3) is 0 Å². The van der Waals surface area contributed by atoms with Crippen molar-refractivity contribution >= 4 is 34.1 Å². The van der Waals surface area contributed by atoms with Crippen LogP contribution in [0.3, 0.4) is 0 Å². The summed E-state index contributed by atoms with van der Waals surface area (Å²) in [5, 5.41) is 3.01. The molecular formula is C18H19N3O4S. The predicted molar refractivity (Wildman–Crippen MR) is 95.3 cm³/mol. The van der Waals surface area contributed by atoms with Crippen LogP contribution in [-0.2, 0) is 11.2 Å². The molecule has 1 saturated heterocycles. The predicted octanol–water partition coefficient (Wildman–Crippen LogP) is 2.75. The summed E-state index contributed by atoms with van der Waals surface area (Å²) >= 11 is 1.16. The first-order chi connectivity index (χ1) is 12.6. The molecule has 2 amide bonds. The number of piperidine rings is 1. The molecule has 1 aliphatic carbocycles. The number of hydrogen-bond acceptors (Lipinski definition) is 6. The van der Waals surface area contributed by atoms with E-state index >= 15 is 0 Å². The minimum absolute atomic E-state index is 0.0536. The molecular weight excluding hydrogens is 354 g/mol. The zero-order valence-electron chi connectivity index (χ0n) is 14.2. The molecule has 2 aliphatic rings. The van der Waals surface area contributed by atoms with Crippen LogP contribution >= 0.6 is 11.3 Å². The van der Waals surface area contributed by atoms with E-state index in [1.807, 2.05) is 4.90 Å². The summed E-state index contributed by atoms with van der Waals surface area (Å²) in [6.45, 7) is 1.55. The van der Waals surface area contributed by atoms with E-state index in [-0.39, 0.29) is 29.8 Å². The number of Topliss-reactive ketones (excluding diaryl/α,β-unsaturated/α-hetero) is 1. The first-order valence-electron chi connectivity index (χ1n) is 8.78. The highest BCUT2D eigenvalue weighted by molar-refractivity contribution is 7.17. The molecule has 7 nitrogen and oxygen atoms in total. The van der Waals surface area contributed by atoms with Crippen molar-refractivity contribution < 1.29 is 18.8 Å². The van der Waals surface area contributed by atoms with Gasteiger partial charge in [0.2, 0.25) is 5.91 Å². The largest absolute Gasteiger partial charge is 0.459 e. The molecule has 0 spiro atoms. The smallest absolute Gasteiger partial charge is 0.293 e. The third-order valence-corrected chi connectivity index (χ3v) is 5.86. The fraction of sp³-hybridized carbons (Fsp3) is 0.444. The second-order valence-electron chi connectivity index (χ2n) is 6.64. The van der Waals surface area contributed by atoms with Crippen molar-refractivity contribution in [2.45, 2.75) is 32.1 Å². The van der Waals surface area contributed by atoms with Gasteiger partial charge in [-0.05, 0) is 31.4 Å². The Labute approximate surface area is 154 Å². The van der Waals surface area contributed by atoms with Crippen LogP contribution in [0.15, 0.2) is 22.8 Å². The number of hydrogen-bond donors (Lipinski definition) is 1. The second-order valence-corrected chi connectivity index (χ2v) is 7.64. The molecule has 1 aliphatic heterocycles. The van der Waals surface area contributed by atoms with Gasteiger partial charge in [-0.2, -0.15) is 0 Å². The number of nitrogens with zero attached hydrogens (tertiary/aromatic N) is 2. The van der Waals surface area contributed by atoms with Gasteiger partial charge in [-0.25, -0.2) is 4.98 Å². The van der Waals surface area contributed by atoms with Gasteiger partial charge in [-0.15, -0.1) is 0 Å². The molecule has 1 N–H and O–H groups in total.